The van der Waals surface area contributed by atoms with Crippen LogP contribution in [0.5, 0.6) is 0 Å². The number of aromatic nitrogens is 4. The number of benzene rings is 1. The standard InChI is InChI=1S/C20H17BrClF3N6O3S/c1-10(31-17(11-2-3-11)16(21)18(29-31)20(23,24)25)19(32)26-12-4-6-13(7-5-12)35(33,34)30-15-9-8-14(22)27-28-15/h4-11H,2-3H2,1H3,(H,26,32)(H,28,30). The molecule has 1 atom stereocenters. The zero-order valence-corrected chi connectivity index (χ0v) is 21.0. The molecule has 186 valence electrons. The van der Waals surface area contributed by atoms with Crippen LogP contribution in [-0.4, -0.2) is 34.3 Å². The number of carbonyl (C=O) groups is 1. The molecule has 0 bridgehead atoms. The Balaban J connectivity index is 1.49. The highest BCUT2D eigenvalue weighted by Crippen LogP contribution is 2.47. The number of sulfonamides is 1. The zero-order chi connectivity index (χ0) is 25.5. The topological polar surface area (TPSA) is 119 Å². The highest BCUT2D eigenvalue weighted by atomic mass is 79.9. The Hall–Kier alpha value is -2.71. The van der Waals surface area contributed by atoms with Gasteiger partial charge in [0.2, 0.25) is 5.91 Å². The number of nitrogens with one attached hydrogen (secondary N) is 2. The number of amides is 1. The minimum atomic E-state index is -4.67. The molecule has 2 N–H and O–H groups in total. The second-order valence-corrected chi connectivity index (χ2v) is 10.7. The molecule has 0 spiro atoms. The smallest absolute Gasteiger partial charge is 0.324 e. The summed E-state index contributed by atoms with van der Waals surface area (Å²) in [7, 11) is -3.99. The van der Waals surface area contributed by atoms with Crippen molar-refractivity contribution in [1.82, 2.24) is 20.0 Å². The van der Waals surface area contributed by atoms with E-state index < -0.39 is 33.8 Å². The maximum atomic E-state index is 13.4. The molecule has 3 aromatic rings. The van der Waals surface area contributed by atoms with Crippen molar-refractivity contribution >= 4 is 55.0 Å². The Morgan fingerprint density at radius 2 is 1.83 bits per heavy atom. The SMILES string of the molecule is CC(C(=O)Nc1ccc(S(=O)(=O)Nc2ccc(Cl)nn2)cc1)n1nc(C(F)(F)F)c(Br)c1C1CC1. The van der Waals surface area contributed by atoms with E-state index in [0.717, 1.165) is 4.68 Å². The summed E-state index contributed by atoms with van der Waals surface area (Å²) in [6.07, 6.45) is -3.25. The summed E-state index contributed by atoms with van der Waals surface area (Å²) in [6.45, 7) is 1.44. The van der Waals surface area contributed by atoms with Crippen molar-refractivity contribution in [1.29, 1.82) is 0 Å². The normalized spacial score (nSPS) is 15.0. The first kappa shape index (κ1) is 25.4. The molecule has 9 nitrogen and oxygen atoms in total. The third kappa shape index (κ3) is 5.59. The molecule has 2 heterocycles. The van der Waals surface area contributed by atoms with Gasteiger partial charge in [-0.15, -0.1) is 10.2 Å². The maximum Gasteiger partial charge on any atom is 0.436 e. The van der Waals surface area contributed by atoms with Crippen molar-refractivity contribution in [3.05, 3.63) is 57.4 Å². The quantitative estimate of drug-likeness (QED) is 0.399. The van der Waals surface area contributed by atoms with E-state index in [1.807, 2.05) is 0 Å². The van der Waals surface area contributed by atoms with Gasteiger partial charge in [0, 0.05) is 11.6 Å². The molecule has 15 heteroatoms. The third-order valence-electron chi connectivity index (χ3n) is 5.17. The molecule has 1 aromatic carbocycles. The number of anilines is 2. The number of carbonyl (C=O) groups excluding carboxylic acids is 1. The molecular weight excluding hydrogens is 577 g/mol. The van der Waals surface area contributed by atoms with Crippen LogP contribution in [0.4, 0.5) is 24.7 Å². The second-order valence-electron chi connectivity index (χ2n) is 7.80. The molecule has 1 fully saturated rings. The van der Waals surface area contributed by atoms with Crippen LogP contribution in [0.3, 0.4) is 0 Å². The summed E-state index contributed by atoms with van der Waals surface area (Å²) >= 11 is 8.64. The fraction of sp³-hybridized carbons (Fsp3) is 0.300. The van der Waals surface area contributed by atoms with Gasteiger partial charge in [0.05, 0.1) is 15.1 Å². The predicted molar refractivity (Wildman–Crippen MR) is 125 cm³/mol. The van der Waals surface area contributed by atoms with Crippen molar-refractivity contribution in [2.24, 2.45) is 0 Å². The number of nitrogens with zero attached hydrogens (tertiary/aromatic N) is 4. The Bertz CT molecular complexity index is 1360. The molecule has 0 saturated heterocycles. The van der Waals surface area contributed by atoms with Crippen LogP contribution in [0.25, 0.3) is 0 Å². The van der Waals surface area contributed by atoms with E-state index in [-0.39, 0.29) is 31.9 Å². The molecule has 1 aliphatic carbocycles. The molecular formula is C20H17BrClF3N6O3S. The number of hydrogen-bond acceptors (Lipinski definition) is 6. The fourth-order valence-electron chi connectivity index (χ4n) is 3.27. The minimum Gasteiger partial charge on any atom is -0.324 e. The van der Waals surface area contributed by atoms with Crippen LogP contribution in [-0.2, 0) is 21.0 Å². The van der Waals surface area contributed by atoms with Gasteiger partial charge in [0.15, 0.2) is 16.7 Å². The summed E-state index contributed by atoms with van der Waals surface area (Å²) in [5, 5.41) is 13.5. The van der Waals surface area contributed by atoms with E-state index in [2.05, 4.69) is 41.3 Å². The fourth-order valence-corrected chi connectivity index (χ4v) is 5.18. The lowest BCUT2D eigenvalue weighted by Crippen LogP contribution is -2.26. The number of rotatable bonds is 7. The maximum absolute atomic E-state index is 13.4. The van der Waals surface area contributed by atoms with E-state index in [1.54, 1.807) is 0 Å². The predicted octanol–water partition coefficient (Wildman–Crippen LogP) is 4.99. The van der Waals surface area contributed by atoms with Crippen LogP contribution < -0.4 is 10.0 Å². The minimum absolute atomic E-state index is 0.0318. The average Bonchev–Trinajstić information content (AvgIpc) is 3.56. The van der Waals surface area contributed by atoms with Crippen LogP contribution in [0.2, 0.25) is 5.15 Å². The van der Waals surface area contributed by atoms with Crippen molar-refractivity contribution in [2.75, 3.05) is 10.0 Å². The van der Waals surface area contributed by atoms with Crippen molar-refractivity contribution in [2.45, 2.75) is 42.8 Å². The Morgan fingerprint density at radius 1 is 1.17 bits per heavy atom. The van der Waals surface area contributed by atoms with Gasteiger partial charge in [-0.05, 0) is 72.1 Å². The van der Waals surface area contributed by atoms with E-state index in [0.29, 0.717) is 18.5 Å². The molecule has 1 amide bonds. The summed E-state index contributed by atoms with van der Waals surface area (Å²) in [5.41, 5.74) is -0.494. The molecule has 35 heavy (non-hydrogen) atoms. The molecule has 0 radical (unpaired) electrons. The summed E-state index contributed by atoms with van der Waals surface area (Å²) < 4.78 is 68.3. The first-order valence-electron chi connectivity index (χ1n) is 10.1. The molecule has 0 aliphatic heterocycles. The second kappa shape index (κ2) is 9.39. The summed E-state index contributed by atoms with van der Waals surface area (Å²) in [6, 6.07) is 6.89. The van der Waals surface area contributed by atoms with Gasteiger partial charge in [0.1, 0.15) is 6.04 Å². The highest BCUT2D eigenvalue weighted by Gasteiger charge is 2.43. The Labute approximate surface area is 211 Å². The van der Waals surface area contributed by atoms with Crippen LogP contribution in [0.15, 0.2) is 45.8 Å². The number of hydrogen-bond donors (Lipinski definition) is 2. The summed E-state index contributed by atoms with van der Waals surface area (Å²) in [5.74, 6) is -0.748. The Kier molecular flexibility index (Phi) is 6.81. The number of alkyl halides is 3. The average molecular weight is 594 g/mol. The van der Waals surface area contributed by atoms with Gasteiger partial charge in [0.25, 0.3) is 10.0 Å². The van der Waals surface area contributed by atoms with Gasteiger partial charge in [-0.1, -0.05) is 11.6 Å². The van der Waals surface area contributed by atoms with Gasteiger partial charge in [-0.3, -0.25) is 14.2 Å². The van der Waals surface area contributed by atoms with Crippen LogP contribution >= 0.6 is 27.5 Å². The van der Waals surface area contributed by atoms with Crippen molar-refractivity contribution < 1.29 is 26.4 Å². The van der Waals surface area contributed by atoms with Gasteiger partial charge in [-0.2, -0.15) is 18.3 Å². The van der Waals surface area contributed by atoms with E-state index in [4.69, 9.17) is 11.6 Å². The lowest BCUT2D eigenvalue weighted by Gasteiger charge is -2.16. The largest absolute Gasteiger partial charge is 0.436 e. The number of halogens is 5. The first-order chi connectivity index (χ1) is 16.4. The van der Waals surface area contributed by atoms with Gasteiger partial charge < -0.3 is 5.32 Å². The van der Waals surface area contributed by atoms with Crippen molar-refractivity contribution in [3.8, 4) is 0 Å². The third-order valence-corrected chi connectivity index (χ3v) is 7.52. The van der Waals surface area contributed by atoms with E-state index in [1.165, 1.54) is 43.3 Å². The zero-order valence-electron chi connectivity index (χ0n) is 17.8. The van der Waals surface area contributed by atoms with Gasteiger partial charge >= 0.3 is 6.18 Å². The lowest BCUT2D eigenvalue weighted by atomic mass is 10.2. The van der Waals surface area contributed by atoms with E-state index in [9.17, 15) is 26.4 Å². The monoisotopic (exact) mass is 592 g/mol. The molecule has 1 aliphatic rings. The van der Waals surface area contributed by atoms with Crippen molar-refractivity contribution in [3.63, 3.8) is 0 Å². The Morgan fingerprint density at radius 3 is 2.37 bits per heavy atom. The summed E-state index contributed by atoms with van der Waals surface area (Å²) in [4.78, 5) is 12.7. The van der Waals surface area contributed by atoms with Gasteiger partial charge in [-0.25, -0.2) is 8.42 Å². The van der Waals surface area contributed by atoms with Crippen LogP contribution in [0, 0.1) is 0 Å². The first-order valence-corrected chi connectivity index (χ1v) is 12.8. The molecule has 1 saturated carbocycles. The molecule has 1 unspecified atom stereocenters. The molecule has 2 aromatic heterocycles. The molecule has 4 rings (SSSR count). The highest BCUT2D eigenvalue weighted by molar-refractivity contribution is 9.10. The van der Waals surface area contributed by atoms with Crippen LogP contribution in [0.1, 0.15) is 43.1 Å². The lowest BCUT2D eigenvalue weighted by molar-refractivity contribution is -0.142. The van der Waals surface area contributed by atoms with E-state index >= 15 is 0 Å².